The highest BCUT2D eigenvalue weighted by Crippen LogP contribution is 2.15. The Hall–Kier alpha value is -1.62. The molecule has 0 radical (unpaired) electrons. The highest BCUT2D eigenvalue weighted by atomic mass is 16.3. The van der Waals surface area contributed by atoms with E-state index in [1.807, 2.05) is 13.8 Å². The molecule has 112 valence electrons. The molecule has 0 aromatic carbocycles. The van der Waals surface area contributed by atoms with Crippen molar-refractivity contribution in [1.29, 1.82) is 0 Å². The van der Waals surface area contributed by atoms with Gasteiger partial charge in [0.15, 0.2) is 5.78 Å². The highest BCUT2D eigenvalue weighted by molar-refractivity contribution is 5.99. The Labute approximate surface area is 120 Å². The lowest BCUT2D eigenvalue weighted by atomic mass is 9.94. The zero-order chi connectivity index (χ0) is 15.5. The number of ketones is 1. The van der Waals surface area contributed by atoms with E-state index in [4.69, 9.17) is 0 Å². The quantitative estimate of drug-likeness (QED) is 0.780. The van der Waals surface area contributed by atoms with Gasteiger partial charge in [-0.25, -0.2) is 0 Å². The topological polar surface area (TPSA) is 71.3 Å². The molecule has 5 nitrogen and oxygen atoms in total. The summed E-state index contributed by atoms with van der Waals surface area (Å²) in [5, 5.41) is 12.9. The van der Waals surface area contributed by atoms with E-state index >= 15 is 0 Å². The number of carbonyl (C=O) groups is 2. The highest BCUT2D eigenvalue weighted by Gasteiger charge is 2.23. The summed E-state index contributed by atoms with van der Waals surface area (Å²) in [5.41, 5.74) is -0.0135. The molecule has 1 aromatic rings. The fourth-order valence-electron chi connectivity index (χ4n) is 2.30. The van der Waals surface area contributed by atoms with Crippen LogP contribution >= 0.6 is 0 Å². The lowest BCUT2D eigenvalue weighted by Crippen LogP contribution is -2.41. The van der Waals surface area contributed by atoms with Gasteiger partial charge in [-0.2, -0.15) is 0 Å². The molecule has 0 saturated heterocycles. The van der Waals surface area contributed by atoms with Crippen LogP contribution in [0.25, 0.3) is 0 Å². The van der Waals surface area contributed by atoms with Crippen LogP contribution in [-0.2, 0) is 7.05 Å². The van der Waals surface area contributed by atoms with E-state index in [1.54, 1.807) is 30.8 Å². The second kappa shape index (κ2) is 6.22. The predicted octanol–water partition coefficient (Wildman–Crippen LogP) is 1.75. The summed E-state index contributed by atoms with van der Waals surface area (Å²) in [7, 11) is 1.72. The van der Waals surface area contributed by atoms with Gasteiger partial charge >= 0.3 is 0 Å². The summed E-state index contributed by atoms with van der Waals surface area (Å²) in [6, 6.07) is 1.56. The third kappa shape index (κ3) is 4.49. The number of rotatable bonds is 6. The third-order valence-corrected chi connectivity index (χ3v) is 3.12. The van der Waals surface area contributed by atoms with Crippen LogP contribution in [0.1, 0.15) is 55.0 Å². The van der Waals surface area contributed by atoms with Crippen LogP contribution in [0.4, 0.5) is 0 Å². The minimum atomic E-state index is -0.932. The van der Waals surface area contributed by atoms with E-state index in [0.29, 0.717) is 23.6 Å². The van der Waals surface area contributed by atoms with Crippen LogP contribution in [-0.4, -0.2) is 33.5 Å². The average Bonchev–Trinajstić information content (AvgIpc) is 2.67. The molecule has 0 spiro atoms. The molecule has 1 aromatic heterocycles. The molecule has 1 atom stereocenters. The molecule has 20 heavy (non-hydrogen) atoms. The largest absolute Gasteiger partial charge is 0.388 e. The normalized spacial score (nSPS) is 14.2. The number of nitrogens with one attached hydrogen (secondary N) is 1. The number of hydrogen-bond acceptors (Lipinski definition) is 3. The van der Waals surface area contributed by atoms with Crippen LogP contribution in [0.3, 0.4) is 0 Å². The van der Waals surface area contributed by atoms with Crippen LogP contribution in [0, 0.1) is 5.92 Å². The van der Waals surface area contributed by atoms with E-state index in [1.165, 1.54) is 6.92 Å². The van der Waals surface area contributed by atoms with Gasteiger partial charge in [-0.15, -0.1) is 0 Å². The number of Topliss-reactive ketones (excluding diaryl/α,β-unsaturated/α-hetero) is 1. The molecule has 0 aliphatic heterocycles. The third-order valence-electron chi connectivity index (χ3n) is 3.12. The zero-order valence-electron chi connectivity index (χ0n) is 12.9. The first-order chi connectivity index (χ1) is 9.12. The molecule has 2 N–H and O–H groups in total. The van der Waals surface area contributed by atoms with Gasteiger partial charge in [0.05, 0.1) is 5.60 Å². The molecular formula is C15H24N2O3. The van der Waals surface area contributed by atoms with Gasteiger partial charge in [-0.3, -0.25) is 9.59 Å². The van der Waals surface area contributed by atoms with Gasteiger partial charge in [0.2, 0.25) is 0 Å². The molecule has 0 aliphatic carbocycles. The second-order valence-electron chi connectivity index (χ2n) is 6.06. The van der Waals surface area contributed by atoms with Gasteiger partial charge in [0.25, 0.3) is 5.91 Å². The van der Waals surface area contributed by atoms with Gasteiger partial charge in [-0.05, 0) is 32.3 Å². The maximum absolute atomic E-state index is 12.1. The maximum atomic E-state index is 12.1. The van der Waals surface area contributed by atoms with Crippen LogP contribution in [0.2, 0.25) is 0 Å². The minimum Gasteiger partial charge on any atom is -0.388 e. The van der Waals surface area contributed by atoms with Gasteiger partial charge in [0, 0.05) is 25.4 Å². The molecule has 1 heterocycles. The Morgan fingerprint density at radius 3 is 2.50 bits per heavy atom. The van der Waals surface area contributed by atoms with Crippen LogP contribution in [0.15, 0.2) is 12.3 Å². The fourth-order valence-corrected chi connectivity index (χ4v) is 2.30. The lowest BCUT2D eigenvalue weighted by molar-refractivity contribution is 0.0367. The standard InChI is InChI=1S/C15H24N2O3/c1-10(2)7-15(4,20)9-16-14(19)13-6-12(11(3)18)8-17(13)5/h6,8,10,20H,7,9H2,1-5H3,(H,16,19). The number of carbonyl (C=O) groups excluding carboxylic acids is 2. The van der Waals surface area contributed by atoms with Crippen molar-refractivity contribution in [2.45, 2.75) is 39.7 Å². The van der Waals surface area contributed by atoms with Crippen molar-refractivity contribution >= 4 is 11.7 Å². The second-order valence-corrected chi connectivity index (χ2v) is 6.06. The molecule has 1 rings (SSSR count). The Morgan fingerprint density at radius 1 is 1.45 bits per heavy atom. The Balaban J connectivity index is 2.70. The van der Waals surface area contributed by atoms with Crippen molar-refractivity contribution in [3.63, 3.8) is 0 Å². The number of aromatic nitrogens is 1. The molecule has 0 aliphatic rings. The van der Waals surface area contributed by atoms with E-state index in [9.17, 15) is 14.7 Å². The van der Waals surface area contributed by atoms with E-state index < -0.39 is 5.60 Å². The minimum absolute atomic E-state index is 0.0774. The first-order valence-electron chi connectivity index (χ1n) is 6.80. The Bertz CT molecular complexity index is 501. The van der Waals surface area contributed by atoms with E-state index in [-0.39, 0.29) is 18.2 Å². The molecule has 1 unspecified atom stereocenters. The zero-order valence-corrected chi connectivity index (χ0v) is 12.9. The summed E-state index contributed by atoms with van der Waals surface area (Å²) >= 11 is 0. The molecule has 5 heteroatoms. The van der Waals surface area contributed by atoms with Crippen molar-refractivity contribution in [2.24, 2.45) is 13.0 Å². The van der Waals surface area contributed by atoms with Crippen molar-refractivity contribution < 1.29 is 14.7 Å². The fraction of sp³-hybridized carbons (Fsp3) is 0.600. The Morgan fingerprint density at radius 2 is 2.05 bits per heavy atom. The summed E-state index contributed by atoms with van der Waals surface area (Å²) in [4.78, 5) is 23.4. The van der Waals surface area contributed by atoms with Crippen molar-refractivity contribution in [3.8, 4) is 0 Å². The van der Waals surface area contributed by atoms with Gasteiger partial charge in [-0.1, -0.05) is 13.8 Å². The summed E-state index contributed by atoms with van der Waals surface area (Å²) in [5.74, 6) is -0.0169. The number of aliphatic hydroxyl groups is 1. The van der Waals surface area contributed by atoms with Crippen molar-refractivity contribution in [2.75, 3.05) is 6.54 Å². The van der Waals surface area contributed by atoms with Gasteiger partial charge < -0.3 is 15.0 Å². The Kier molecular flexibility index (Phi) is 5.11. The number of hydrogen-bond donors (Lipinski definition) is 2. The number of aryl methyl sites for hydroxylation is 1. The monoisotopic (exact) mass is 280 g/mol. The number of nitrogens with zero attached hydrogens (tertiary/aromatic N) is 1. The summed E-state index contributed by atoms with van der Waals surface area (Å²) < 4.78 is 1.61. The molecule has 0 saturated carbocycles. The lowest BCUT2D eigenvalue weighted by Gasteiger charge is -2.25. The van der Waals surface area contributed by atoms with E-state index in [0.717, 1.165) is 0 Å². The van der Waals surface area contributed by atoms with Gasteiger partial charge in [0.1, 0.15) is 5.69 Å². The molecular weight excluding hydrogens is 256 g/mol. The van der Waals surface area contributed by atoms with Crippen molar-refractivity contribution in [1.82, 2.24) is 9.88 Å². The van der Waals surface area contributed by atoms with E-state index in [2.05, 4.69) is 5.32 Å². The molecule has 0 bridgehead atoms. The average molecular weight is 280 g/mol. The maximum Gasteiger partial charge on any atom is 0.268 e. The predicted molar refractivity (Wildman–Crippen MR) is 77.8 cm³/mol. The SMILES string of the molecule is CC(=O)c1cc(C(=O)NCC(C)(O)CC(C)C)n(C)c1. The van der Waals surface area contributed by atoms with Crippen molar-refractivity contribution in [3.05, 3.63) is 23.5 Å². The van der Waals surface area contributed by atoms with Crippen LogP contribution in [0.5, 0.6) is 0 Å². The first-order valence-corrected chi connectivity index (χ1v) is 6.80. The van der Waals surface area contributed by atoms with Crippen LogP contribution < -0.4 is 5.32 Å². The number of amides is 1. The molecule has 1 amide bonds. The summed E-state index contributed by atoms with van der Waals surface area (Å²) in [6.45, 7) is 7.40. The summed E-state index contributed by atoms with van der Waals surface area (Å²) in [6.07, 6.45) is 2.24. The molecule has 0 fully saturated rings. The smallest absolute Gasteiger partial charge is 0.268 e. The first kappa shape index (κ1) is 16.4.